The van der Waals surface area contributed by atoms with E-state index in [2.05, 4.69) is 5.32 Å². The molecule has 2 aromatic carbocycles. The molecule has 1 N–H and O–H groups in total. The number of aromatic nitrogens is 2. The minimum absolute atomic E-state index is 0.0732. The van der Waals surface area contributed by atoms with E-state index in [9.17, 15) is 4.79 Å². The number of carbonyl (C=O) groups excluding carboxylic acids is 1. The van der Waals surface area contributed by atoms with Gasteiger partial charge in [0.25, 0.3) is 0 Å². The molecule has 0 aliphatic heterocycles. The molecule has 0 radical (unpaired) electrons. The number of nitrogens with one attached hydrogen (secondary N) is 1. The summed E-state index contributed by atoms with van der Waals surface area (Å²) in [6, 6.07) is 18.0. The molecule has 1 aliphatic carbocycles. The second kappa shape index (κ2) is 7.50. The van der Waals surface area contributed by atoms with Crippen LogP contribution < -0.4 is 10.1 Å². The monoisotopic (exact) mass is 359 g/mol. The van der Waals surface area contributed by atoms with Crippen molar-refractivity contribution in [2.45, 2.75) is 18.9 Å². The number of hydrogen-bond donors (Lipinski definition) is 1. The molecule has 0 unspecified atom stereocenters. The van der Waals surface area contributed by atoms with Crippen LogP contribution in [0.4, 0.5) is 0 Å². The number of methoxy groups -OCH3 is 1. The molecule has 4 rings (SSSR count). The third-order valence-electron chi connectivity index (χ3n) is 4.46. The Kier molecular flexibility index (Phi) is 4.75. The van der Waals surface area contributed by atoms with Crippen LogP contribution in [-0.4, -0.2) is 28.8 Å². The molecular weight excluding hydrogens is 338 g/mol. The van der Waals surface area contributed by atoms with Crippen molar-refractivity contribution in [1.82, 2.24) is 15.1 Å². The molecule has 0 bridgehead atoms. The van der Waals surface area contributed by atoms with Crippen molar-refractivity contribution in [3.05, 3.63) is 72.4 Å². The van der Waals surface area contributed by atoms with Crippen molar-refractivity contribution in [2.24, 2.45) is 0 Å². The molecule has 1 amide bonds. The number of ether oxygens (including phenoxy) is 1. The Hall–Kier alpha value is -3.34. The van der Waals surface area contributed by atoms with Gasteiger partial charge in [0, 0.05) is 29.4 Å². The van der Waals surface area contributed by atoms with Crippen molar-refractivity contribution in [1.29, 1.82) is 0 Å². The molecule has 27 heavy (non-hydrogen) atoms. The Labute approximate surface area is 158 Å². The van der Waals surface area contributed by atoms with Gasteiger partial charge in [0.2, 0.25) is 5.91 Å². The molecular formula is C22H21N3O2. The van der Waals surface area contributed by atoms with Gasteiger partial charge in [-0.1, -0.05) is 30.3 Å². The Morgan fingerprint density at radius 2 is 1.89 bits per heavy atom. The van der Waals surface area contributed by atoms with E-state index in [-0.39, 0.29) is 5.91 Å². The lowest BCUT2D eigenvalue weighted by atomic mass is 10.1. The Bertz CT molecular complexity index is 972. The zero-order valence-corrected chi connectivity index (χ0v) is 15.1. The molecule has 1 aliphatic rings. The molecule has 5 nitrogen and oxygen atoms in total. The number of amides is 1. The SMILES string of the molecule is COc1ccccc1-c1nn(-c2ccccc2)cc1/C=C/C(=O)NC1CC1. The fourth-order valence-corrected chi connectivity index (χ4v) is 2.91. The fraction of sp³-hybridized carbons (Fsp3) is 0.182. The zero-order chi connectivity index (χ0) is 18.6. The number of benzene rings is 2. The Morgan fingerprint density at radius 3 is 2.63 bits per heavy atom. The highest BCUT2D eigenvalue weighted by Gasteiger charge is 2.22. The van der Waals surface area contributed by atoms with Crippen LogP contribution in [0.2, 0.25) is 0 Å². The summed E-state index contributed by atoms with van der Waals surface area (Å²) in [6.45, 7) is 0. The van der Waals surface area contributed by atoms with Gasteiger partial charge in [-0.05, 0) is 43.2 Å². The summed E-state index contributed by atoms with van der Waals surface area (Å²) >= 11 is 0. The van der Waals surface area contributed by atoms with Gasteiger partial charge in [-0.15, -0.1) is 0 Å². The predicted octanol–water partition coefficient (Wildman–Crippen LogP) is 3.84. The number of hydrogen-bond acceptors (Lipinski definition) is 3. The third kappa shape index (κ3) is 3.92. The van der Waals surface area contributed by atoms with E-state index in [0.29, 0.717) is 6.04 Å². The van der Waals surface area contributed by atoms with Crippen LogP contribution in [0, 0.1) is 0 Å². The molecule has 0 spiro atoms. The van der Waals surface area contributed by atoms with Gasteiger partial charge in [-0.3, -0.25) is 4.79 Å². The van der Waals surface area contributed by atoms with Gasteiger partial charge in [-0.25, -0.2) is 4.68 Å². The first-order chi connectivity index (χ1) is 13.2. The second-order valence-corrected chi connectivity index (χ2v) is 6.53. The van der Waals surface area contributed by atoms with Crippen molar-refractivity contribution in [3.8, 4) is 22.7 Å². The molecule has 1 saturated carbocycles. The molecule has 3 aromatic rings. The molecule has 1 heterocycles. The first-order valence-electron chi connectivity index (χ1n) is 9.01. The highest BCUT2D eigenvalue weighted by atomic mass is 16.5. The van der Waals surface area contributed by atoms with E-state index in [1.165, 1.54) is 0 Å². The lowest BCUT2D eigenvalue weighted by Crippen LogP contribution is -2.22. The summed E-state index contributed by atoms with van der Waals surface area (Å²) in [4.78, 5) is 12.1. The van der Waals surface area contributed by atoms with Crippen LogP contribution in [0.1, 0.15) is 18.4 Å². The van der Waals surface area contributed by atoms with E-state index in [0.717, 1.165) is 41.1 Å². The van der Waals surface area contributed by atoms with Crippen LogP contribution >= 0.6 is 0 Å². The average Bonchev–Trinajstić information content (AvgIpc) is 3.42. The highest BCUT2D eigenvalue weighted by molar-refractivity contribution is 5.93. The molecule has 0 atom stereocenters. The van der Waals surface area contributed by atoms with Crippen LogP contribution in [0.25, 0.3) is 23.0 Å². The van der Waals surface area contributed by atoms with Crippen molar-refractivity contribution in [2.75, 3.05) is 7.11 Å². The number of para-hydroxylation sites is 2. The van der Waals surface area contributed by atoms with Crippen molar-refractivity contribution in [3.63, 3.8) is 0 Å². The quantitative estimate of drug-likeness (QED) is 0.681. The lowest BCUT2D eigenvalue weighted by molar-refractivity contribution is -0.116. The Balaban J connectivity index is 1.74. The summed E-state index contributed by atoms with van der Waals surface area (Å²) in [5.74, 6) is 0.670. The van der Waals surface area contributed by atoms with Gasteiger partial charge in [0.1, 0.15) is 11.4 Å². The summed E-state index contributed by atoms with van der Waals surface area (Å²) < 4.78 is 7.32. The second-order valence-electron chi connectivity index (χ2n) is 6.53. The maximum Gasteiger partial charge on any atom is 0.244 e. The molecule has 5 heteroatoms. The van der Waals surface area contributed by atoms with E-state index >= 15 is 0 Å². The summed E-state index contributed by atoms with van der Waals surface area (Å²) in [6.07, 6.45) is 7.45. The molecule has 1 fully saturated rings. The van der Waals surface area contributed by atoms with E-state index in [4.69, 9.17) is 9.84 Å². The first-order valence-corrected chi connectivity index (χ1v) is 9.01. The van der Waals surface area contributed by atoms with Gasteiger partial charge in [-0.2, -0.15) is 5.10 Å². The molecule has 1 aromatic heterocycles. The fourth-order valence-electron chi connectivity index (χ4n) is 2.91. The molecule has 0 saturated heterocycles. The molecule has 136 valence electrons. The standard InChI is InChI=1S/C22H21N3O2/c1-27-20-10-6-5-9-19(20)22-16(11-14-21(26)23-17-12-13-17)15-25(24-22)18-7-3-2-4-8-18/h2-11,14-15,17H,12-13H2,1H3,(H,23,26)/b14-11+. The van der Waals surface area contributed by atoms with Gasteiger partial charge < -0.3 is 10.1 Å². The van der Waals surface area contributed by atoms with Crippen molar-refractivity contribution < 1.29 is 9.53 Å². The van der Waals surface area contributed by atoms with E-state index < -0.39 is 0 Å². The normalized spacial score (nSPS) is 13.7. The third-order valence-corrected chi connectivity index (χ3v) is 4.46. The highest BCUT2D eigenvalue weighted by Crippen LogP contribution is 2.32. The number of nitrogens with zero attached hydrogens (tertiary/aromatic N) is 2. The van der Waals surface area contributed by atoms with E-state index in [1.54, 1.807) is 13.2 Å². The predicted molar refractivity (Wildman–Crippen MR) is 106 cm³/mol. The van der Waals surface area contributed by atoms with Crippen LogP contribution in [-0.2, 0) is 4.79 Å². The average molecular weight is 359 g/mol. The zero-order valence-electron chi connectivity index (χ0n) is 15.1. The maximum absolute atomic E-state index is 12.1. The minimum Gasteiger partial charge on any atom is -0.496 e. The van der Waals surface area contributed by atoms with Crippen LogP contribution in [0.5, 0.6) is 5.75 Å². The topological polar surface area (TPSA) is 56.2 Å². The minimum atomic E-state index is -0.0732. The van der Waals surface area contributed by atoms with Gasteiger partial charge in [0.05, 0.1) is 12.8 Å². The van der Waals surface area contributed by atoms with Crippen molar-refractivity contribution >= 4 is 12.0 Å². The van der Waals surface area contributed by atoms with Crippen LogP contribution in [0.15, 0.2) is 66.9 Å². The van der Waals surface area contributed by atoms with Crippen LogP contribution in [0.3, 0.4) is 0 Å². The number of rotatable bonds is 6. The largest absolute Gasteiger partial charge is 0.496 e. The van der Waals surface area contributed by atoms with E-state index in [1.807, 2.05) is 71.6 Å². The summed E-state index contributed by atoms with van der Waals surface area (Å²) in [5.41, 5.74) is 3.47. The number of carbonyl (C=O) groups is 1. The first kappa shape index (κ1) is 17.1. The summed E-state index contributed by atoms with van der Waals surface area (Å²) in [5, 5.41) is 7.73. The summed E-state index contributed by atoms with van der Waals surface area (Å²) in [7, 11) is 1.64. The smallest absolute Gasteiger partial charge is 0.244 e. The Morgan fingerprint density at radius 1 is 1.15 bits per heavy atom. The lowest BCUT2D eigenvalue weighted by Gasteiger charge is -2.06. The van der Waals surface area contributed by atoms with Gasteiger partial charge >= 0.3 is 0 Å². The maximum atomic E-state index is 12.1. The van der Waals surface area contributed by atoms with Gasteiger partial charge in [0.15, 0.2) is 0 Å².